The number of amides is 1. The van der Waals surface area contributed by atoms with Crippen molar-refractivity contribution in [2.75, 3.05) is 5.73 Å². The lowest BCUT2D eigenvalue weighted by Crippen LogP contribution is -2.41. The molecule has 2 aliphatic rings. The molecule has 98 valence electrons. The molecule has 4 nitrogen and oxygen atoms in total. The molecule has 1 amide bonds. The van der Waals surface area contributed by atoms with Crippen LogP contribution in [0.3, 0.4) is 0 Å². The fourth-order valence-electron chi connectivity index (χ4n) is 2.72. The highest BCUT2D eigenvalue weighted by molar-refractivity contribution is 5.95. The molecule has 3 unspecified atom stereocenters. The monoisotopic (exact) mass is 268 g/mol. The summed E-state index contributed by atoms with van der Waals surface area (Å²) in [5.74, 6) is -0.0570. The van der Waals surface area contributed by atoms with E-state index in [2.05, 4.69) is 5.32 Å². The molecule has 2 heterocycles. The van der Waals surface area contributed by atoms with Gasteiger partial charge in [0, 0.05) is 11.3 Å². The highest BCUT2D eigenvalue weighted by atomic mass is 35.5. The quantitative estimate of drug-likeness (QED) is 0.803. The molecule has 2 fully saturated rings. The van der Waals surface area contributed by atoms with Crippen LogP contribution in [0.25, 0.3) is 0 Å². The molecule has 0 spiro atoms. The van der Waals surface area contributed by atoms with E-state index in [1.807, 2.05) is 0 Å². The SMILES string of the molecule is Cl.Nc1cccc(C(=O)NC2CC3CCC2O3)c1. The molecule has 2 bridgehead atoms. The maximum Gasteiger partial charge on any atom is 0.251 e. The van der Waals surface area contributed by atoms with Crippen LogP contribution in [0.2, 0.25) is 0 Å². The van der Waals surface area contributed by atoms with Gasteiger partial charge < -0.3 is 15.8 Å². The van der Waals surface area contributed by atoms with Gasteiger partial charge in [0.2, 0.25) is 0 Å². The second kappa shape index (κ2) is 5.16. The molecule has 0 radical (unpaired) electrons. The Labute approximate surface area is 112 Å². The molecule has 3 rings (SSSR count). The lowest BCUT2D eigenvalue weighted by atomic mass is 9.95. The van der Waals surface area contributed by atoms with Crippen molar-refractivity contribution in [1.82, 2.24) is 5.32 Å². The van der Waals surface area contributed by atoms with Gasteiger partial charge in [0.15, 0.2) is 0 Å². The van der Waals surface area contributed by atoms with Gasteiger partial charge in [-0.2, -0.15) is 0 Å². The van der Waals surface area contributed by atoms with E-state index in [4.69, 9.17) is 10.5 Å². The number of benzene rings is 1. The largest absolute Gasteiger partial charge is 0.399 e. The van der Waals surface area contributed by atoms with Gasteiger partial charge in [-0.25, -0.2) is 0 Å². The summed E-state index contributed by atoms with van der Waals surface area (Å²) in [6, 6.07) is 7.21. The molecule has 18 heavy (non-hydrogen) atoms. The van der Waals surface area contributed by atoms with Gasteiger partial charge in [-0.1, -0.05) is 6.07 Å². The second-order valence-corrected chi connectivity index (χ2v) is 4.82. The van der Waals surface area contributed by atoms with Crippen molar-refractivity contribution in [3.8, 4) is 0 Å². The summed E-state index contributed by atoms with van der Waals surface area (Å²) in [5.41, 5.74) is 6.89. The van der Waals surface area contributed by atoms with Crippen LogP contribution in [-0.4, -0.2) is 24.2 Å². The van der Waals surface area contributed by atoms with Crippen LogP contribution in [0.15, 0.2) is 24.3 Å². The van der Waals surface area contributed by atoms with E-state index in [0.717, 1.165) is 19.3 Å². The Morgan fingerprint density at radius 3 is 2.83 bits per heavy atom. The summed E-state index contributed by atoms with van der Waals surface area (Å²) in [6.45, 7) is 0. The van der Waals surface area contributed by atoms with Crippen LogP contribution in [0.5, 0.6) is 0 Å². The first-order valence-corrected chi connectivity index (χ1v) is 6.04. The van der Waals surface area contributed by atoms with Crippen LogP contribution in [-0.2, 0) is 4.74 Å². The number of hydrogen-bond acceptors (Lipinski definition) is 3. The van der Waals surface area contributed by atoms with Gasteiger partial charge in [-0.3, -0.25) is 4.79 Å². The van der Waals surface area contributed by atoms with Crippen molar-refractivity contribution in [1.29, 1.82) is 0 Å². The molecule has 3 atom stereocenters. The zero-order valence-corrected chi connectivity index (χ0v) is 10.8. The predicted octanol–water partition coefficient (Wildman–Crippen LogP) is 1.74. The Bertz CT molecular complexity index is 452. The smallest absolute Gasteiger partial charge is 0.251 e. The van der Waals surface area contributed by atoms with Crippen LogP contribution >= 0.6 is 12.4 Å². The number of rotatable bonds is 2. The highest BCUT2D eigenvalue weighted by Gasteiger charge is 2.41. The number of fused-ring (bicyclic) bond motifs is 2. The summed E-state index contributed by atoms with van der Waals surface area (Å²) in [6.07, 6.45) is 3.71. The molecule has 0 saturated carbocycles. The van der Waals surface area contributed by atoms with Crippen molar-refractivity contribution in [3.63, 3.8) is 0 Å². The topological polar surface area (TPSA) is 64.4 Å². The number of halogens is 1. The first kappa shape index (κ1) is 13.2. The molecule has 0 aliphatic carbocycles. The van der Waals surface area contributed by atoms with Crippen molar-refractivity contribution in [2.24, 2.45) is 0 Å². The average Bonchev–Trinajstić information content (AvgIpc) is 2.91. The Balaban J connectivity index is 0.00000120. The lowest BCUT2D eigenvalue weighted by Gasteiger charge is -2.20. The van der Waals surface area contributed by atoms with E-state index < -0.39 is 0 Å². The minimum Gasteiger partial charge on any atom is -0.399 e. The molecule has 2 aliphatic heterocycles. The first-order chi connectivity index (χ1) is 8.22. The standard InChI is InChI=1S/C13H16N2O2.ClH/c14-9-3-1-2-8(6-9)13(16)15-11-7-10-4-5-12(11)17-10;/h1-3,6,10-12H,4-5,7,14H2,(H,15,16);1H. The van der Waals surface area contributed by atoms with Gasteiger partial charge in [0.1, 0.15) is 0 Å². The third-order valence-electron chi connectivity index (χ3n) is 3.57. The van der Waals surface area contributed by atoms with E-state index in [1.165, 1.54) is 0 Å². The van der Waals surface area contributed by atoms with Crippen molar-refractivity contribution in [2.45, 2.75) is 37.5 Å². The van der Waals surface area contributed by atoms with E-state index >= 15 is 0 Å². The highest BCUT2D eigenvalue weighted by Crippen LogP contribution is 2.34. The van der Waals surface area contributed by atoms with Gasteiger partial charge >= 0.3 is 0 Å². The summed E-state index contributed by atoms with van der Waals surface area (Å²) >= 11 is 0. The predicted molar refractivity (Wildman–Crippen MR) is 71.9 cm³/mol. The zero-order chi connectivity index (χ0) is 11.8. The van der Waals surface area contributed by atoms with Crippen molar-refractivity contribution < 1.29 is 9.53 Å². The number of nitrogens with two attached hydrogens (primary N) is 1. The molecule has 5 heteroatoms. The lowest BCUT2D eigenvalue weighted by molar-refractivity contribution is 0.0841. The summed E-state index contributed by atoms with van der Waals surface area (Å²) in [7, 11) is 0. The normalized spacial score (nSPS) is 28.8. The molecular weight excluding hydrogens is 252 g/mol. The molecule has 1 aromatic rings. The van der Waals surface area contributed by atoms with Crippen LogP contribution < -0.4 is 11.1 Å². The van der Waals surface area contributed by atoms with E-state index in [9.17, 15) is 4.79 Å². The van der Waals surface area contributed by atoms with Gasteiger partial charge in [0.05, 0.1) is 18.2 Å². The van der Waals surface area contributed by atoms with Crippen LogP contribution in [0.4, 0.5) is 5.69 Å². The van der Waals surface area contributed by atoms with E-state index in [-0.39, 0.29) is 30.5 Å². The first-order valence-electron chi connectivity index (χ1n) is 6.04. The molecule has 1 aromatic carbocycles. The number of carbonyl (C=O) groups is 1. The summed E-state index contributed by atoms with van der Waals surface area (Å²) < 4.78 is 5.71. The fourth-order valence-corrected chi connectivity index (χ4v) is 2.72. The second-order valence-electron chi connectivity index (χ2n) is 4.82. The Morgan fingerprint density at radius 2 is 2.22 bits per heavy atom. The number of nitrogen functional groups attached to an aromatic ring is 1. The molecular formula is C13H17ClN2O2. The number of nitrogens with one attached hydrogen (secondary N) is 1. The van der Waals surface area contributed by atoms with E-state index in [0.29, 0.717) is 17.4 Å². The van der Waals surface area contributed by atoms with Crippen LogP contribution in [0, 0.1) is 0 Å². The van der Waals surface area contributed by atoms with Crippen LogP contribution in [0.1, 0.15) is 29.6 Å². The van der Waals surface area contributed by atoms with E-state index in [1.54, 1.807) is 24.3 Å². The minimum absolute atomic E-state index is 0. The maximum atomic E-state index is 12.0. The Hall–Kier alpha value is -1.26. The molecule has 0 aromatic heterocycles. The third-order valence-corrected chi connectivity index (χ3v) is 3.57. The van der Waals surface area contributed by atoms with Gasteiger partial charge in [0.25, 0.3) is 5.91 Å². The Morgan fingerprint density at radius 1 is 1.39 bits per heavy atom. The summed E-state index contributed by atoms with van der Waals surface area (Å²) in [5, 5.41) is 3.03. The average molecular weight is 269 g/mol. The summed E-state index contributed by atoms with van der Waals surface area (Å²) in [4.78, 5) is 12.0. The van der Waals surface area contributed by atoms with Crippen molar-refractivity contribution in [3.05, 3.63) is 29.8 Å². The number of carbonyl (C=O) groups excluding carboxylic acids is 1. The zero-order valence-electron chi connectivity index (χ0n) is 9.96. The third kappa shape index (κ3) is 2.44. The molecule has 2 saturated heterocycles. The number of ether oxygens (including phenoxy) is 1. The van der Waals surface area contributed by atoms with Gasteiger partial charge in [-0.15, -0.1) is 12.4 Å². The minimum atomic E-state index is -0.0570. The van der Waals surface area contributed by atoms with Crippen molar-refractivity contribution >= 4 is 24.0 Å². The molecule has 3 N–H and O–H groups in total. The fraction of sp³-hybridized carbons (Fsp3) is 0.462. The van der Waals surface area contributed by atoms with Gasteiger partial charge in [-0.05, 0) is 37.5 Å². The Kier molecular flexibility index (Phi) is 3.78. The number of hydrogen-bond donors (Lipinski definition) is 2. The maximum absolute atomic E-state index is 12.0. The number of anilines is 1.